The smallest absolute Gasteiger partial charge is 0.326 e. The maximum Gasteiger partial charge on any atom is 0.326 e. The molecule has 1 aromatic heterocycles. The molecular weight excluding hydrogens is 270 g/mol. The number of amides is 1. The minimum absolute atomic E-state index is 0.186. The number of carboxylic acids is 1. The second-order valence-corrected chi connectivity index (χ2v) is 5.62. The van der Waals surface area contributed by atoms with Crippen molar-refractivity contribution in [2.45, 2.75) is 59.5 Å². The molecule has 0 unspecified atom stereocenters. The number of carboxylic acid groups (broad SMARTS) is 1. The molecule has 0 aromatic carbocycles. The van der Waals surface area contributed by atoms with Crippen LogP contribution in [0.3, 0.4) is 0 Å². The van der Waals surface area contributed by atoms with Gasteiger partial charge in [0.2, 0.25) is 0 Å². The van der Waals surface area contributed by atoms with E-state index >= 15 is 0 Å². The van der Waals surface area contributed by atoms with Crippen LogP contribution in [0, 0.1) is 12.8 Å². The fourth-order valence-electron chi connectivity index (χ4n) is 2.33. The lowest BCUT2D eigenvalue weighted by molar-refractivity contribution is -0.140. The van der Waals surface area contributed by atoms with Gasteiger partial charge in [-0.25, -0.2) is 4.79 Å². The summed E-state index contributed by atoms with van der Waals surface area (Å²) in [6.07, 6.45) is 1.87. The lowest BCUT2D eigenvalue weighted by Crippen LogP contribution is -2.44. The van der Waals surface area contributed by atoms with Gasteiger partial charge in [-0.05, 0) is 31.7 Å². The van der Waals surface area contributed by atoms with E-state index < -0.39 is 17.9 Å². The van der Waals surface area contributed by atoms with Crippen molar-refractivity contribution in [2.24, 2.45) is 5.92 Å². The largest absolute Gasteiger partial charge is 0.480 e. The molecule has 6 heteroatoms. The van der Waals surface area contributed by atoms with Crippen molar-refractivity contribution in [1.29, 1.82) is 0 Å². The highest BCUT2D eigenvalue weighted by Gasteiger charge is 2.25. The molecule has 0 radical (unpaired) electrons. The Balaban J connectivity index is 2.93. The SMILES string of the molecule is CCC(CC)n1nc(C(=O)N[C@H](C(=O)O)C(C)C)cc1C. The van der Waals surface area contributed by atoms with Crippen LogP contribution in [0.15, 0.2) is 6.07 Å². The number of aryl methyl sites for hydroxylation is 1. The van der Waals surface area contributed by atoms with Crippen molar-refractivity contribution in [3.8, 4) is 0 Å². The zero-order chi connectivity index (χ0) is 16.2. The highest BCUT2D eigenvalue weighted by Crippen LogP contribution is 2.18. The van der Waals surface area contributed by atoms with Gasteiger partial charge in [-0.15, -0.1) is 0 Å². The Labute approximate surface area is 125 Å². The average molecular weight is 295 g/mol. The van der Waals surface area contributed by atoms with Gasteiger partial charge >= 0.3 is 5.97 Å². The summed E-state index contributed by atoms with van der Waals surface area (Å²) >= 11 is 0. The molecule has 1 atom stereocenters. The van der Waals surface area contributed by atoms with Gasteiger partial charge in [0.1, 0.15) is 11.7 Å². The fourth-order valence-corrected chi connectivity index (χ4v) is 2.33. The summed E-state index contributed by atoms with van der Waals surface area (Å²) in [6.45, 7) is 9.57. The topological polar surface area (TPSA) is 84.2 Å². The van der Waals surface area contributed by atoms with E-state index in [1.807, 2.05) is 11.6 Å². The van der Waals surface area contributed by atoms with Gasteiger partial charge in [-0.2, -0.15) is 5.10 Å². The molecule has 0 saturated heterocycles. The predicted molar refractivity (Wildman–Crippen MR) is 80.3 cm³/mol. The average Bonchev–Trinajstić information content (AvgIpc) is 2.79. The molecule has 2 N–H and O–H groups in total. The number of nitrogens with zero attached hydrogens (tertiary/aromatic N) is 2. The van der Waals surface area contributed by atoms with Crippen molar-refractivity contribution in [2.75, 3.05) is 0 Å². The van der Waals surface area contributed by atoms with Gasteiger partial charge in [-0.1, -0.05) is 27.7 Å². The van der Waals surface area contributed by atoms with Gasteiger partial charge < -0.3 is 10.4 Å². The molecule has 1 aromatic rings. The zero-order valence-electron chi connectivity index (χ0n) is 13.4. The second kappa shape index (κ2) is 7.24. The molecule has 21 heavy (non-hydrogen) atoms. The Morgan fingerprint density at radius 2 is 1.90 bits per heavy atom. The van der Waals surface area contributed by atoms with Gasteiger partial charge in [0, 0.05) is 5.69 Å². The van der Waals surface area contributed by atoms with Crippen LogP contribution in [0.5, 0.6) is 0 Å². The first-order chi connectivity index (χ1) is 9.81. The summed E-state index contributed by atoms with van der Waals surface area (Å²) in [5.74, 6) is -1.66. The summed E-state index contributed by atoms with van der Waals surface area (Å²) in [7, 11) is 0. The van der Waals surface area contributed by atoms with E-state index in [9.17, 15) is 9.59 Å². The Morgan fingerprint density at radius 3 is 2.33 bits per heavy atom. The molecule has 0 bridgehead atoms. The third-order valence-corrected chi connectivity index (χ3v) is 3.66. The van der Waals surface area contributed by atoms with Crippen molar-refractivity contribution >= 4 is 11.9 Å². The van der Waals surface area contributed by atoms with Crippen molar-refractivity contribution in [1.82, 2.24) is 15.1 Å². The number of carbonyl (C=O) groups excluding carboxylic acids is 1. The summed E-state index contributed by atoms with van der Waals surface area (Å²) in [4.78, 5) is 23.3. The van der Waals surface area contributed by atoms with Crippen LogP contribution in [-0.4, -0.2) is 32.8 Å². The first-order valence-electron chi connectivity index (χ1n) is 7.41. The van der Waals surface area contributed by atoms with E-state index in [0.717, 1.165) is 18.5 Å². The first-order valence-corrected chi connectivity index (χ1v) is 7.41. The Morgan fingerprint density at radius 1 is 1.33 bits per heavy atom. The molecular formula is C15H25N3O3. The highest BCUT2D eigenvalue weighted by molar-refractivity contribution is 5.95. The Hall–Kier alpha value is -1.85. The summed E-state index contributed by atoms with van der Waals surface area (Å²) < 4.78 is 1.85. The van der Waals surface area contributed by atoms with Gasteiger partial charge in [0.25, 0.3) is 5.91 Å². The van der Waals surface area contributed by atoms with Crippen LogP contribution in [0.4, 0.5) is 0 Å². The fraction of sp³-hybridized carbons (Fsp3) is 0.667. The number of carbonyl (C=O) groups is 2. The van der Waals surface area contributed by atoms with Crippen LogP contribution in [-0.2, 0) is 4.79 Å². The third-order valence-electron chi connectivity index (χ3n) is 3.66. The number of aromatic nitrogens is 2. The van der Waals surface area contributed by atoms with Crippen LogP contribution < -0.4 is 5.32 Å². The minimum Gasteiger partial charge on any atom is -0.480 e. The molecule has 0 aliphatic heterocycles. The molecule has 0 saturated carbocycles. The Bertz CT molecular complexity index is 504. The normalized spacial score (nSPS) is 12.7. The monoisotopic (exact) mass is 295 g/mol. The van der Waals surface area contributed by atoms with Crippen molar-refractivity contribution < 1.29 is 14.7 Å². The quantitative estimate of drug-likeness (QED) is 0.809. The first kappa shape index (κ1) is 17.2. The second-order valence-electron chi connectivity index (χ2n) is 5.62. The van der Waals surface area contributed by atoms with Crippen LogP contribution in [0.25, 0.3) is 0 Å². The van der Waals surface area contributed by atoms with Gasteiger partial charge in [0.15, 0.2) is 0 Å². The van der Waals surface area contributed by atoms with Crippen molar-refractivity contribution in [3.63, 3.8) is 0 Å². The summed E-state index contributed by atoms with van der Waals surface area (Å²) in [5, 5.41) is 16.0. The van der Waals surface area contributed by atoms with Crippen LogP contribution in [0.1, 0.15) is 62.8 Å². The van der Waals surface area contributed by atoms with E-state index in [2.05, 4.69) is 24.3 Å². The van der Waals surface area contributed by atoms with E-state index in [-0.39, 0.29) is 17.7 Å². The number of nitrogens with one attached hydrogen (secondary N) is 1. The van der Waals surface area contributed by atoms with Crippen LogP contribution >= 0.6 is 0 Å². The van der Waals surface area contributed by atoms with Crippen molar-refractivity contribution in [3.05, 3.63) is 17.5 Å². The van der Waals surface area contributed by atoms with E-state index in [1.54, 1.807) is 19.9 Å². The molecule has 1 amide bonds. The lowest BCUT2D eigenvalue weighted by atomic mass is 10.0. The van der Waals surface area contributed by atoms with E-state index in [0.29, 0.717) is 0 Å². The molecule has 118 valence electrons. The highest BCUT2D eigenvalue weighted by atomic mass is 16.4. The molecule has 1 heterocycles. The maximum absolute atomic E-state index is 12.2. The maximum atomic E-state index is 12.2. The number of rotatable bonds is 7. The number of hydrogen-bond donors (Lipinski definition) is 2. The van der Waals surface area contributed by atoms with E-state index in [4.69, 9.17) is 5.11 Å². The van der Waals surface area contributed by atoms with Gasteiger partial charge in [-0.3, -0.25) is 9.48 Å². The number of hydrogen-bond acceptors (Lipinski definition) is 3. The molecule has 0 spiro atoms. The van der Waals surface area contributed by atoms with Gasteiger partial charge in [0.05, 0.1) is 6.04 Å². The zero-order valence-corrected chi connectivity index (χ0v) is 13.4. The molecule has 0 fully saturated rings. The third kappa shape index (κ3) is 4.06. The molecule has 6 nitrogen and oxygen atoms in total. The molecule has 1 rings (SSSR count). The lowest BCUT2D eigenvalue weighted by Gasteiger charge is -2.17. The standard InChI is InChI=1S/C15H25N3O3/c1-6-11(7-2)18-10(5)8-12(17-18)14(19)16-13(9(3)4)15(20)21/h8-9,11,13H,6-7H2,1-5H3,(H,16,19)(H,20,21)/t13-/m0/s1. The van der Waals surface area contributed by atoms with E-state index in [1.165, 1.54) is 0 Å². The predicted octanol–water partition coefficient (Wildman–Crippen LogP) is 2.39. The molecule has 0 aliphatic rings. The van der Waals surface area contributed by atoms with Crippen LogP contribution in [0.2, 0.25) is 0 Å². The summed E-state index contributed by atoms with van der Waals surface area (Å²) in [6, 6.07) is 1.05. The number of aliphatic carboxylic acids is 1. The Kier molecular flexibility index (Phi) is 5.93. The molecule has 0 aliphatic carbocycles. The summed E-state index contributed by atoms with van der Waals surface area (Å²) in [5.41, 5.74) is 1.18. The minimum atomic E-state index is -1.03.